The van der Waals surface area contributed by atoms with Crippen LogP contribution in [-0.2, 0) is 25.4 Å². The van der Waals surface area contributed by atoms with Crippen molar-refractivity contribution in [1.82, 2.24) is 10.9 Å². The highest BCUT2D eigenvalue weighted by molar-refractivity contribution is 9.10. The highest BCUT2D eigenvalue weighted by atomic mass is 79.9. The summed E-state index contributed by atoms with van der Waals surface area (Å²) < 4.78 is 23.4. The fourth-order valence-corrected chi connectivity index (χ4v) is 5.42. The number of aliphatic hydroxyl groups is 1. The molecule has 0 radical (unpaired) electrons. The third-order valence-corrected chi connectivity index (χ3v) is 8.03. The Morgan fingerprint density at radius 2 is 1.86 bits per heavy atom. The summed E-state index contributed by atoms with van der Waals surface area (Å²) in [5.41, 5.74) is 6.23. The van der Waals surface area contributed by atoms with Gasteiger partial charge in [0.15, 0.2) is 17.9 Å². The summed E-state index contributed by atoms with van der Waals surface area (Å²) in [6.07, 6.45) is -0.789. The Labute approximate surface area is 263 Å². The van der Waals surface area contributed by atoms with Crippen molar-refractivity contribution in [2.75, 3.05) is 34.0 Å². The number of hydrazine groups is 1. The van der Waals surface area contributed by atoms with E-state index in [1.165, 1.54) is 14.2 Å². The zero-order valence-corrected chi connectivity index (χ0v) is 26.2. The molecule has 0 bridgehead atoms. The molecule has 1 amide bonds. The molecule has 0 saturated carbocycles. The maximum atomic E-state index is 14.2. The summed E-state index contributed by atoms with van der Waals surface area (Å²) in [6, 6.07) is 19.9. The molecule has 2 atom stereocenters. The number of halogens is 3. The van der Waals surface area contributed by atoms with Crippen molar-refractivity contribution in [3.8, 4) is 5.75 Å². The Bertz CT molecular complexity index is 1390. The normalized spacial score (nSPS) is 18.1. The van der Waals surface area contributed by atoms with E-state index in [0.29, 0.717) is 39.9 Å². The molecule has 3 N–H and O–H groups in total. The zero-order valence-electron chi connectivity index (χ0n) is 23.1. The van der Waals surface area contributed by atoms with Gasteiger partial charge in [0.1, 0.15) is 5.75 Å². The van der Waals surface area contributed by atoms with Gasteiger partial charge in [-0.05, 0) is 48.0 Å². The monoisotopic (exact) mass is 679 g/mol. The number of carbonyl (C=O) groups excluding carboxylic acids is 1. The van der Waals surface area contributed by atoms with Gasteiger partial charge in [-0.2, -0.15) is 0 Å². The molecule has 9 nitrogen and oxygen atoms in total. The number of aliphatic imine (C=N–C) groups is 1. The van der Waals surface area contributed by atoms with E-state index in [-0.39, 0.29) is 25.5 Å². The van der Waals surface area contributed by atoms with Crippen LogP contribution in [0.5, 0.6) is 5.75 Å². The maximum Gasteiger partial charge on any atom is 0.266 e. The SMILES string of the molecule is COC(CNNC(=O)[C@@]1(Cc2ccccc2Br)N=C(c2ccc(OCCCO)cc2)O[C@H]1c1ccc(Cl)cc1Cl)OC. The first-order valence-electron chi connectivity index (χ1n) is 13.2. The summed E-state index contributed by atoms with van der Waals surface area (Å²) in [5, 5.41) is 9.82. The lowest BCUT2D eigenvalue weighted by Gasteiger charge is -2.31. The molecule has 0 spiro atoms. The van der Waals surface area contributed by atoms with Crippen molar-refractivity contribution in [3.05, 3.63) is 97.9 Å². The third-order valence-electron chi connectivity index (χ3n) is 6.69. The van der Waals surface area contributed by atoms with Gasteiger partial charge in [-0.25, -0.2) is 10.4 Å². The molecule has 1 aliphatic heterocycles. The van der Waals surface area contributed by atoms with E-state index in [9.17, 15) is 4.79 Å². The molecular formula is C30H32BrCl2N3O6. The Balaban J connectivity index is 1.78. The fraction of sp³-hybridized carbons (Fsp3) is 0.333. The third kappa shape index (κ3) is 7.62. The molecule has 0 unspecified atom stereocenters. The molecule has 4 rings (SSSR count). The Morgan fingerprint density at radius 1 is 1.12 bits per heavy atom. The van der Waals surface area contributed by atoms with Crippen LogP contribution < -0.4 is 15.6 Å². The van der Waals surface area contributed by atoms with Crippen LogP contribution in [0.1, 0.15) is 29.2 Å². The average Bonchev–Trinajstić information content (AvgIpc) is 3.37. The van der Waals surface area contributed by atoms with Crippen molar-refractivity contribution in [2.24, 2.45) is 4.99 Å². The van der Waals surface area contributed by atoms with Gasteiger partial charge in [0, 0.05) is 59.3 Å². The first-order chi connectivity index (χ1) is 20.3. The first kappa shape index (κ1) is 32.2. The molecule has 12 heteroatoms. The van der Waals surface area contributed by atoms with E-state index in [4.69, 9.17) is 52.2 Å². The van der Waals surface area contributed by atoms with Crippen molar-refractivity contribution >= 4 is 50.9 Å². The summed E-state index contributed by atoms with van der Waals surface area (Å²) in [5.74, 6) is 0.455. The molecule has 0 fully saturated rings. The minimum Gasteiger partial charge on any atom is -0.494 e. The van der Waals surface area contributed by atoms with E-state index < -0.39 is 23.8 Å². The quantitative estimate of drug-likeness (QED) is 0.121. The van der Waals surface area contributed by atoms with E-state index in [1.54, 1.807) is 42.5 Å². The molecule has 3 aromatic rings. The topological polar surface area (TPSA) is 111 Å². The van der Waals surface area contributed by atoms with Crippen LogP contribution in [0.25, 0.3) is 0 Å². The number of amides is 1. The van der Waals surface area contributed by atoms with Gasteiger partial charge in [0.05, 0.1) is 13.2 Å². The molecule has 1 heterocycles. The highest BCUT2D eigenvalue weighted by Crippen LogP contribution is 2.45. The van der Waals surface area contributed by atoms with Crippen LogP contribution in [0.2, 0.25) is 10.0 Å². The smallest absolute Gasteiger partial charge is 0.266 e. The number of nitrogens with one attached hydrogen (secondary N) is 2. The highest BCUT2D eigenvalue weighted by Gasteiger charge is 2.54. The standard InChI is InChI=1S/C30H32BrCl2N3O6/c1-39-26(40-2)18-34-36-29(38)30(17-20-6-3-4-7-24(20)31)27(23-13-10-21(32)16-25(23)33)42-28(35-30)19-8-11-22(12-9-19)41-15-5-14-37/h3-4,6-13,16,26-27,34,37H,5,14-15,17-18H2,1-2H3,(H,36,38)/t27-,30-/m0/s1. The predicted molar refractivity (Wildman–Crippen MR) is 165 cm³/mol. The molecular weight excluding hydrogens is 649 g/mol. The van der Waals surface area contributed by atoms with Gasteiger partial charge in [-0.3, -0.25) is 10.2 Å². The summed E-state index contributed by atoms with van der Waals surface area (Å²) in [6.45, 7) is 0.622. The molecule has 3 aromatic carbocycles. The minimum atomic E-state index is -1.49. The lowest BCUT2D eigenvalue weighted by atomic mass is 9.82. The second-order valence-corrected chi connectivity index (χ2v) is 11.2. The number of ether oxygens (including phenoxy) is 4. The van der Waals surface area contributed by atoms with Crippen molar-refractivity contribution in [3.63, 3.8) is 0 Å². The Morgan fingerprint density at radius 3 is 2.52 bits per heavy atom. The maximum absolute atomic E-state index is 14.2. The Hall–Kier alpha value is -2.70. The van der Waals surface area contributed by atoms with E-state index in [2.05, 4.69) is 26.8 Å². The molecule has 1 aliphatic rings. The molecule has 0 aromatic heterocycles. The summed E-state index contributed by atoms with van der Waals surface area (Å²) in [7, 11) is 3.02. The number of rotatable bonds is 14. The van der Waals surface area contributed by atoms with Crippen LogP contribution >= 0.6 is 39.1 Å². The van der Waals surface area contributed by atoms with Crippen LogP contribution in [-0.4, -0.2) is 62.7 Å². The second-order valence-electron chi connectivity index (χ2n) is 9.46. The zero-order chi connectivity index (χ0) is 30.1. The predicted octanol–water partition coefficient (Wildman–Crippen LogP) is 5.26. The number of hydrogen-bond acceptors (Lipinski definition) is 8. The van der Waals surface area contributed by atoms with E-state index >= 15 is 0 Å². The second kappa shape index (κ2) is 15.2. The summed E-state index contributed by atoms with van der Waals surface area (Å²) in [4.78, 5) is 19.2. The van der Waals surface area contributed by atoms with Crippen molar-refractivity contribution in [1.29, 1.82) is 0 Å². The Kier molecular flexibility index (Phi) is 11.6. The van der Waals surface area contributed by atoms with Gasteiger partial charge in [-0.1, -0.05) is 63.4 Å². The van der Waals surface area contributed by atoms with Crippen LogP contribution in [0.15, 0.2) is 76.2 Å². The number of nitrogens with zero attached hydrogens (tertiary/aromatic N) is 1. The van der Waals surface area contributed by atoms with Gasteiger partial charge in [-0.15, -0.1) is 0 Å². The number of aliphatic hydroxyl groups excluding tert-OH is 1. The van der Waals surface area contributed by atoms with Crippen molar-refractivity contribution in [2.45, 2.75) is 30.8 Å². The largest absolute Gasteiger partial charge is 0.494 e. The lowest BCUT2D eigenvalue weighted by Crippen LogP contribution is -2.55. The number of carbonyl (C=O) groups is 1. The molecule has 224 valence electrons. The first-order valence-corrected chi connectivity index (χ1v) is 14.7. The number of methoxy groups -OCH3 is 2. The van der Waals surface area contributed by atoms with Gasteiger partial charge in [0.2, 0.25) is 5.90 Å². The molecule has 42 heavy (non-hydrogen) atoms. The lowest BCUT2D eigenvalue weighted by molar-refractivity contribution is -0.131. The number of benzene rings is 3. The number of hydrogen-bond donors (Lipinski definition) is 3. The molecule has 0 aliphatic carbocycles. The average molecular weight is 681 g/mol. The van der Waals surface area contributed by atoms with Gasteiger partial charge < -0.3 is 24.1 Å². The van der Waals surface area contributed by atoms with Crippen molar-refractivity contribution < 1.29 is 28.8 Å². The van der Waals surface area contributed by atoms with Crippen LogP contribution in [0.4, 0.5) is 0 Å². The van der Waals surface area contributed by atoms with Gasteiger partial charge in [0.25, 0.3) is 5.91 Å². The fourth-order valence-electron chi connectivity index (χ4n) is 4.49. The van der Waals surface area contributed by atoms with Gasteiger partial charge >= 0.3 is 0 Å². The minimum absolute atomic E-state index is 0.0471. The van der Waals surface area contributed by atoms with Crippen LogP contribution in [0, 0.1) is 0 Å². The molecule has 0 saturated heterocycles. The van der Waals surface area contributed by atoms with Crippen LogP contribution in [0.3, 0.4) is 0 Å². The van der Waals surface area contributed by atoms with E-state index in [0.717, 1.165) is 10.0 Å². The summed E-state index contributed by atoms with van der Waals surface area (Å²) >= 11 is 16.5. The van der Waals surface area contributed by atoms with E-state index in [1.807, 2.05) is 24.3 Å².